The molecule has 0 bridgehead atoms. The summed E-state index contributed by atoms with van der Waals surface area (Å²) in [5.74, 6) is -0.222. The smallest absolute Gasteiger partial charge is 0.238 e. The molecule has 1 aliphatic rings. The van der Waals surface area contributed by atoms with Crippen molar-refractivity contribution in [2.24, 2.45) is 0 Å². The lowest BCUT2D eigenvalue weighted by Gasteiger charge is -2.21. The van der Waals surface area contributed by atoms with Crippen LogP contribution >= 0.6 is 11.6 Å². The Kier molecular flexibility index (Phi) is 5.24. The molecule has 21 heavy (non-hydrogen) atoms. The SMILES string of the molecule is CS(=O)(=O)N1CCCC1C(=O)NCCc1cccc(Cl)c1. The number of hydrogen-bond donors (Lipinski definition) is 1. The van der Waals surface area contributed by atoms with Crippen molar-refractivity contribution >= 4 is 27.5 Å². The molecule has 2 rings (SSSR count). The molecule has 0 aliphatic carbocycles. The average molecular weight is 331 g/mol. The molecule has 1 aromatic carbocycles. The number of hydrogen-bond acceptors (Lipinski definition) is 3. The second-order valence-corrected chi connectivity index (χ2v) is 7.57. The molecule has 1 atom stereocenters. The summed E-state index contributed by atoms with van der Waals surface area (Å²) in [5.41, 5.74) is 1.04. The van der Waals surface area contributed by atoms with Gasteiger partial charge < -0.3 is 5.32 Å². The van der Waals surface area contributed by atoms with Crippen molar-refractivity contribution in [3.05, 3.63) is 34.9 Å². The number of carbonyl (C=O) groups is 1. The van der Waals surface area contributed by atoms with Gasteiger partial charge in [0.15, 0.2) is 0 Å². The summed E-state index contributed by atoms with van der Waals surface area (Å²) in [6.07, 6.45) is 3.11. The van der Waals surface area contributed by atoms with E-state index in [0.29, 0.717) is 31.0 Å². The topological polar surface area (TPSA) is 66.5 Å². The molecule has 0 saturated carbocycles. The van der Waals surface area contributed by atoms with Crippen LogP contribution in [0.25, 0.3) is 0 Å². The predicted octanol–water partition coefficient (Wildman–Crippen LogP) is 1.42. The van der Waals surface area contributed by atoms with Gasteiger partial charge in [-0.2, -0.15) is 4.31 Å². The van der Waals surface area contributed by atoms with E-state index in [4.69, 9.17) is 11.6 Å². The summed E-state index contributed by atoms with van der Waals surface area (Å²) >= 11 is 5.90. The monoisotopic (exact) mass is 330 g/mol. The lowest BCUT2D eigenvalue weighted by Crippen LogP contribution is -2.45. The maximum absolute atomic E-state index is 12.1. The fraction of sp³-hybridized carbons (Fsp3) is 0.500. The normalized spacial score (nSPS) is 19.6. The average Bonchev–Trinajstić information content (AvgIpc) is 2.88. The summed E-state index contributed by atoms with van der Waals surface area (Å²) in [7, 11) is -3.32. The van der Waals surface area contributed by atoms with Crippen molar-refractivity contribution in [1.29, 1.82) is 0 Å². The fourth-order valence-corrected chi connectivity index (χ4v) is 3.88. The first kappa shape index (κ1) is 16.3. The van der Waals surface area contributed by atoms with Crippen molar-refractivity contribution < 1.29 is 13.2 Å². The third kappa shape index (κ3) is 4.43. The highest BCUT2D eigenvalue weighted by Gasteiger charge is 2.36. The van der Waals surface area contributed by atoms with Gasteiger partial charge in [-0.15, -0.1) is 0 Å². The van der Waals surface area contributed by atoms with Crippen LogP contribution in [-0.4, -0.2) is 44.0 Å². The van der Waals surface area contributed by atoms with Crippen molar-refractivity contribution in [2.45, 2.75) is 25.3 Å². The maximum atomic E-state index is 12.1. The molecular formula is C14H19ClN2O3S. The van der Waals surface area contributed by atoms with Crippen molar-refractivity contribution in [3.63, 3.8) is 0 Å². The first-order valence-corrected chi connectivity index (χ1v) is 9.09. The molecule has 116 valence electrons. The van der Waals surface area contributed by atoms with Gasteiger partial charge in [-0.25, -0.2) is 8.42 Å². The number of rotatable bonds is 5. The van der Waals surface area contributed by atoms with Gasteiger partial charge in [0, 0.05) is 18.1 Å². The van der Waals surface area contributed by atoms with Crippen LogP contribution in [0.5, 0.6) is 0 Å². The Balaban J connectivity index is 1.87. The number of nitrogens with one attached hydrogen (secondary N) is 1. The van der Waals surface area contributed by atoms with Crippen LogP contribution in [0, 0.1) is 0 Å². The minimum atomic E-state index is -3.32. The van der Waals surface area contributed by atoms with Gasteiger partial charge in [-0.3, -0.25) is 4.79 Å². The zero-order chi connectivity index (χ0) is 15.5. The van der Waals surface area contributed by atoms with E-state index in [1.54, 1.807) is 6.07 Å². The number of amides is 1. The number of sulfonamides is 1. The quantitative estimate of drug-likeness (QED) is 0.888. The molecule has 0 spiro atoms. The van der Waals surface area contributed by atoms with Crippen molar-refractivity contribution in [1.82, 2.24) is 9.62 Å². The highest BCUT2D eigenvalue weighted by Crippen LogP contribution is 2.20. The number of carbonyl (C=O) groups excluding carboxylic acids is 1. The van der Waals surface area contributed by atoms with Gasteiger partial charge in [-0.1, -0.05) is 23.7 Å². The van der Waals surface area contributed by atoms with Crippen molar-refractivity contribution in [2.75, 3.05) is 19.3 Å². The second-order valence-electron chi connectivity index (χ2n) is 5.20. The lowest BCUT2D eigenvalue weighted by molar-refractivity contribution is -0.124. The van der Waals surface area contributed by atoms with E-state index in [1.807, 2.05) is 18.2 Å². The van der Waals surface area contributed by atoms with E-state index in [1.165, 1.54) is 4.31 Å². The van der Waals surface area contributed by atoms with Crippen LogP contribution in [0.1, 0.15) is 18.4 Å². The van der Waals surface area contributed by atoms with Gasteiger partial charge in [0.05, 0.1) is 6.26 Å². The molecule has 0 aromatic heterocycles. The largest absolute Gasteiger partial charge is 0.354 e. The summed E-state index contributed by atoms with van der Waals surface area (Å²) < 4.78 is 24.5. The minimum Gasteiger partial charge on any atom is -0.354 e. The fourth-order valence-electron chi connectivity index (χ4n) is 2.54. The maximum Gasteiger partial charge on any atom is 0.238 e. The van der Waals surface area contributed by atoms with E-state index < -0.39 is 16.1 Å². The molecule has 1 amide bonds. The first-order chi connectivity index (χ1) is 9.88. The highest BCUT2D eigenvalue weighted by atomic mass is 35.5. The molecule has 0 radical (unpaired) electrons. The van der Waals surface area contributed by atoms with E-state index in [9.17, 15) is 13.2 Å². The molecule has 1 aliphatic heterocycles. The predicted molar refractivity (Wildman–Crippen MR) is 82.7 cm³/mol. The van der Waals surface area contributed by atoms with Crippen LogP contribution in [0.15, 0.2) is 24.3 Å². The lowest BCUT2D eigenvalue weighted by atomic mass is 10.1. The number of benzene rings is 1. The highest BCUT2D eigenvalue weighted by molar-refractivity contribution is 7.88. The van der Waals surface area contributed by atoms with Crippen LogP contribution in [-0.2, 0) is 21.2 Å². The Morgan fingerprint density at radius 2 is 2.24 bits per heavy atom. The number of halogens is 1. The number of nitrogens with zero attached hydrogens (tertiary/aromatic N) is 1. The zero-order valence-electron chi connectivity index (χ0n) is 11.9. The summed E-state index contributed by atoms with van der Waals surface area (Å²) in [6.45, 7) is 0.887. The molecule has 1 N–H and O–H groups in total. The van der Waals surface area contributed by atoms with Crippen molar-refractivity contribution in [3.8, 4) is 0 Å². The van der Waals surface area contributed by atoms with Crippen LogP contribution in [0.4, 0.5) is 0 Å². The molecule has 1 aromatic rings. The Morgan fingerprint density at radius 1 is 1.48 bits per heavy atom. The van der Waals surface area contributed by atoms with Gasteiger partial charge in [0.1, 0.15) is 6.04 Å². The van der Waals surface area contributed by atoms with Crippen LogP contribution in [0.2, 0.25) is 5.02 Å². The van der Waals surface area contributed by atoms with Gasteiger partial charge in [0.25, 0.3) is 0 Å². The van der Waals surface area contributed by atoms with Crippen LogP contribution < -0.4 is 5.32 Å². The van der Waals surface area contributed by atoms with E-state index in [2.05, 4.69) is 5.32 Å². The Hall–Kier alpha value is -1.11. The Morgan fingerprint density at radius 3 is 2.90 bits per heavy atom. The zero-order valence-corrected chi connectivity index (χ0v) is 13.5. The summed E-state index contributed by atoms with van der Waals surface area (Å²) in [4.78, 5) is 12.1. The van der Waals surface area contributed by atoms with Gasteiger partial charge in [-0.05, 0) is 37.0 Å². The van der Waals surface area contributed by atoms with E-state index >= 15 is 0 Å². The molecule has 5 nitrogen and oxygen atoms in total. The summed E-state index contributed by atoms with van der Waals surface area (Å²) in [5, 5.41) is 3.47. The van der Waals surface area contributed by atoms with Gasteiger partial charge in [0.2, 0.25) is 15.9 Å². The first-order valence-electron chi connectivity index (χ1n) is 6.87. The Labute approximate surface area is 130 Å². The standard InChI is InChI=1S/C14H19ClN2O3S/c1-21(19,20)17-9-3-6-13(17)14(18)16-8-7-11-4-2-5-12(15)10-11/h2,4-5,10,13H,3,6-9H2,1H3,(H,16,18). The third-order valence-corrected chi connectivity index (χ3v) is 5.06. The molecule has 1 saturated heterocycles. The van der Waals surface area contributed by atoms with E-state index in [0.717, 1.165) is 18.2 Å². The van der Waals surface area contributed by atoms with Gasteiger partial charge >= 0.3 is 0 Å². The molecule has 1 fully saturated rings. The molecular weight excluding hydrogens is 312 g/mol. The molecule has 7 heteroatoms. The van der Waals surface area contributed by atoms with E-state index in [-0.39, 0.29) is 5.91 Å². The Bertz CT molecular complexity index is 618. The molecule has 1 heterocycles. The minimum absolute atomic E-state index is 0.222. The second kappa shape index (κ2) is 6.77. The molecule has 1 unspecified atom stereocenters. The summed E-state index contributed by atoms with van der Waals surface area (Å²) in [6, 6.07) is 6.88. The third-order valence-electron chi connectivity index (χ3n) is 3.53. The van der Waals surface area contributed by atoms with Crippen LogP contribution in [0.3, 0.4) is 0 Å².